The van der Waals surface area contributed by atoms with E-state index in [1.165, 1.54) is 5.56 Å². The van der Waals surface area contributed by atoms with Gasteiger partial charge in [-0.2, -0.15) is 0 Å². The van der Waals surface area contributed by atoms with Gasteiger partial charge < -0.3 is 4.74 Å². The molecule has 0 amide bonds. The van der Waals surface area contributed by atoms with Crippen LogP contribution >= 0.6 is 0 Å². The van der Waals surface area contributed by atoms with Crippen LogP contribution in [0.3, 0.4) is 0 Å². The highest BCUT2D eigenvalue weighted by Crippen LogP contribution is 2.41. The molecule has 2 aromatic rings. The summed E-state index contributed by atoms with van der Waals surface area (Å²) in [5.41, 5.74) is 4.52. The van der Waals surface area contributed by atoms with Gasteiger partial charge in [0.25, 0.3) is 0 Å². The minimum atomic E-state index is -0.755. The van der Waals surface area contributed by atoms with Crippen molar-refractivity contribution >= 4 is 11.4 Å². The van der Waals surface area contributed by atoms with Crippen molar-refractivity contribution in [3.8, 4) is 0 Å². The molecule has 0 radical (unpaired) electrons. The van der Waals surface area contributed by atoms with Gasteiger partial charge in [-0.25, -0.2) is 0 Å². The van der Waals surface area contributed by atoms with Crippen LogP contribution in [-0.2, 0) is 4.74 Å². The Hall–Kier alpha value is -2.19. The molecular weight excluding hydrogens is 272 g/mol. The standard InChI is InChI=1S/C20H18O2/c1-14-7-9-15(10-8-14)18-13-20(11-4-12-22-20)19(21)17-6-3-2-5-16(17)18/h2-3,5-10,13H,4,11-12H2,1H3. The van der Waals surface area contributed by atoms with Crippen molar-refractivity contribution in [1.29, 1.82) is 0 Å². The van der Waals surface area contributed by atoms with Gasteiger partial charge in [0.1, 0.15) is 5.60 Å². The van der Waals surface area contributed by atoms with Gasteiger partial charge in [0.05, 0.1) is 0 Å². The number of aryl methyl sites for hydroxylation is 1. The molecule has 110 valence electrons. The van der Waals surface area contributed by atoms with Gasteiger partial charge in [0, 0.05) is 12.2 Å². The summed E-state index contributed by atoms with van der Waals surface area (Å²) in [5.74, 6) is 0.108. The summed E-state index contributed by atoms with van der Waals surface area (Å²) in [5, 5.41) is 0. The first-order valence-corrected chi connectivity index (χ1v) is 7.78. The predicted octanol–water partition coefficient (Wildman–Crippen LogP) is 4.17. The number of fused-ring (bicyclic) bond motifs is 1. The lowest BCUT2D eigenvalue weighted by Gasteiger charge is -2.30. The highest BCUT2D eigenvalue weighted by atomic mass is 16.5. The van der Waals surface area contributed by atoms with E-state index in [0.29, 0.717) is 6.61 Å². The maximum atomic E-state index is 12.9. The van der Waals surface area contributed by atoms with Crippen molar-refractivity contribution in [1.82, 2.24) is 0 Å². The number of hydrogen-bond acceptors (Lipinski definition) is 2. The van der Waals surface area contributed by atoms with E-state index in [1.807, 2.05) is 24.3 Å². The third kappa shape index (κ3) is 1.95. The van der Waals surface area contributed by atoms with Crippen LogP contribution < -0.4 is 0 Å². The fourth-order valence-corrected chi connectivity index (χ4v) is 3.45. The van der Waals surface area contributed by atoms with E-state index in [4.69, 9.17) is 4.74 Å². The molecule has 1 unspecified atom stereocenters. The molecule has 1 aliphatic heterocycles. The zero-order chi connectivity index (χ0) is 15.2. The fourth-order valence-electron chi connectivity index (χ4n) is 3.45. The summed E-state index contributed by atoms with van der Waals surface area (Å²) in [7, 11) is 0. The van der Waals surface area contributed by atoms with Gasteiger partial charge in [0.15, 0.2) is 5.78 Å². The van der Waals surface area contributed by atoms with E-state index in [1.54, 1.807) is 0 Å². The predicted molar refractivity (Wildman–Crippen MR) is 86.9 cm³/mol. The van der Waals surface area contributed by atoms with E-state index in [0.717, 1.165) is 35.1 Å². The van der Waals surface area contributed by atoms with Crippen LogP contribution in [0, 0.1) is 6.92 Å². The van der Waals surface area contributed by atoms with Gasteiger partial charge in [0.2, 0.25) is 0 Å². The number of ketones is 1. The largest absolute Gasteiger partial charge is 0.363 e. The molecule has 1 heterocycles. The zero-order valence-electron chi connectivity index (χ0n) is 12.6. The van der Waals surface area contributed by atoms with Gasteiger partial charge >= 0.3 is 0 Å². The second kappa shape index (κ2) is 4.92. The van der Waals surface area contributed by atoms with Crippen molar-refractivity contribution in [2.45, 2.75) is 25.4 Å². The zero-order valence-corrected chi connectivity index (χ0v) is 12.6. The summed E-state index contributed by atoms with van der Waals surface area (Å²) in [4.78, 5) is 12.9. The average Bonchev–Trinajstić information content (AvgIpc) is 3.02. The second-order valence-electron chi connectivity index (χ2n) is 6.14. The van der Waals surface area contributed by atoms with Crippen LogP contribution in [0.1, 0.15) is 39.9 Å². The minimum Gasteiger partial charge on any atom is -0.363 e. The van der Waals surface area contributed by atoms with Crippen molar-refractivity contribution in [3.05, 3.63) is 76.9 Å². The number of hydrogen-bond donors (Lipinski definition) is 0. The fraction of sp³-hybridized carbons (Fsp3) is 0.250. The Bertz CT molecular complexity index is 763. The molecule has 2 heteroatoms. The summed E-state index contributed by atoms with van der Waals surface area (Å²) in [6, 6.07) is 16.3. The molecule has 1 aliphatic carbocycles. The SMILES string of the molecule is Cc1ccc(C2=CC3(CCCO3)C(=O)c3ccccc32)cc1. The molecule has 0 saturated carbocycles. The lowest BCUT2D eigenvalue weighted by molar-refractivity contribution is 0.0351. The normalized spacial score (nSPS) is 23.5. The highest BCUT2D eigenvalue weighted by Gasteiger charge is 2.45. The molecule has 1 atom stereocenters. The van der Waals surface area contributed by atoms with Crippen molar-refractivity contribution in [3.63, 3.8) is 0 Å². The highest BCUT2D eigenvalue weighted by molar-refractivity contribution is 6.12. The van der Waals surface area contributed by atoms with Crippen LogP contribution in [0.2, 0.25) is 0 Å². The quantitative estimate of drug-likeness (QED) is 0.788. The molecule has 4 rings (SSSR count). The summed E-state index contributed by atoms with van der Waals surface area (Å²) in [6.07, 6.45) is 3.76. The third-order valence-electron chi connectivity index (χ3n) is 4.64. The molecule has 1 saturated heterocycles. The molecule has 0 bridgehead atoms. The number of carbonyl (C=O) groups excluding carboxylic acids is 1. The summed E-state index contributed by atoms with van der Waals surface area (Å²) in [6.45, 7) is 2.74. The summed E-state index contributed by atoms with van der Waals surface area (Å²) < 4.78 is 5.90. The van der Waals surface area contributed by atoms with Crippen LogP contribution in [0.5, 0.6) is 0 Å². The average molecular weight is 290 g/mol. The Balaban J connectivity index is 1.94. The van der Waals surface area contributed by atoms with Crippen LogP contribution in [0.15, 0.2) is 54.6 Å². The van der Waals surface area contributed by atoms with E-state index >= 15 is 0 Å². The smallest absolute Gasteiger partial charge is 0.199 e. The molecule has 2 nitrogen and oxygen atoms in total. The van der Waals surface area contributed by atoms with E-state index in [-0.39, 0.29) is 5.78 Å². The van der Waals surface area contributed by atoms with Gasteiger partial charge in [-0.15, -0.1) is 0 Å². The Morgan fingerprint density at radius 3 is 2.41 bits per heavy atom. The lowest BCUT2D eigenvalue weighted by Crippen LogP contribution is -2.39. The van der Waals surface area contributed by atoms with Crippen molar-refractivity contribution < 1.29 is 9.53 Å². The maximum Gasteiger partial charge on any atom is 0.199 e. The lowest BCUT2D eigenvalue weighted by atomic mass is 9.77. The Kier molecular flexibility index (Phi) is 3.02. The number of Topliss-reactive ketones (excluding diaryl/α,β-unsaturated/α-hetero) is 1. The Labute approximate surface area is 130 Å². The molecule has 0 N–H and O–H groups in total. The first-order valence-electron chi connectivity index (χ1n) is 7.78. The molecule has 22 heavy (non-hydrogen) atoms. The first-order chi connectivity index (χ1) is 10.7. The molecule has 0 aromatic heterocycles. The van der Waals surface area contributed by atoms with Crippen LogP contribution in [-0.4, -0.2) is 18.0 Å². The third-order valence-corrected chi connectivity index (χ3v) is 4.64. The number of rotatable bonds is 1. The van der Waals surface area contributed by atoms with E-state index in [2.05, 4.69) is 37.3 Å². The van der Waals surface area contributed by atoms with Gasteiger partial charge in [-0.05, 0) is 42.5 Å². The molecule has 1 spiro atoms. The number of ether oxygens (including phenoxy) is 1. The topological polar surface area (TPSA) is 26.3 Å². The molecule has 2 aromatic carbocycles. The number of benzene rings is 2. The Morgan fingerprint density at radius 1 is 1.00 bits per heavy atom. The van der Waals surface area contributed by atoms with Crippen molar-refractivity contribution in [2.24, 2.45) is 0 Å². The van der Waals surface area contributed by atoms with Gasteiger partial charge in [-0.3, -0.25) is 4.79 Å². The minimum absolute atomic E-state index is 0.108. The van der Waals surface area contributed by atoms with E-state index in [9.17, 15) is 4.79 Å². The maximum absolute atomic E-state index is 12.9. The van der Waals surface area contributed by atoms with Crippen molar-refractivity contribution in [2.75, 3.05) is 6.61 Å². The monoisotopic (exact) mass is 290 g/mol. The number of carbonyl (C=O) groups is 1. The van der Waals surface area contributed by atoms with Gasteiger partial charge in [-0.1, -0.05) is 54.1 Å². The first kappa shape index (κ1) is 13.5. The second-order valence-corrected chi connectivity index (χ2v) is 6.14. The van der Waals surface area contributed by atoms with Crippen LogP contribution in [0.4, 0.5) is 0 Å². The molecule has 2 aliphatic rings. The molecule has 1 fully saturated rings. The van der Waals surface area contributed by atoms with E-state index < -0.39 is 5.60 Å². The molecular formula is C20H18O2. The Morgan fingerprint density at radius 2 is 1.73 bits per heavy atom. The van der Waals surface area contributed by atoms with Crippen LogP contribution in [0.25, 0.3) is 5.57 Å². The summed E-state index contributed by atoms with van der Waals surface area (Å²) >= 11 is 0.